The van der Waals surface area contributed by atoms with Gasteiger partial charge in [0.1, 0.15) is 11.6 Å². The lowest BCUT2D eigenvalue weighted by atomic mass is 10.2. The fraction of sp³-hybridized carbons (Fsp3) is 0.227. The monoisotopic (exact) mass is 410 g/mol. The van der Waals surface area contributed by atoms with Crippen LogP contribution in [0.2, 0.25) is 0 Å². The Bertz CT molecular complexity index is 1330. The molecule has 0 aliphatic carbocycles. The lowest BCUT2D eigenvalue weighted by Crippen LogP contribution is -2.41. The van der Waals surface area contributed by atoms with E-state index >= 15 is 0 Å². The van der Waals surface area contributed by atoms with Crippen LogP contribution < -0.4 is 11.2 Å². The van der Waals surface area contributed by atoms with Crippen molar-refractivity contribution < 1.29 is 8.78 Å². The fourth-order valence-electron chi connectivity index (χ4n) is 3.46. The highest BCUT2D eigenvalue weighted by atomic mass is 19.1. The number of rotatable bonds is 5. The minimum absolute atomic E-state index is 0.0393. The normalized spacial score (nSPS) is 11.5. The van der Waals surface area contributed by atoms with Gasteiger partial charge in [0.25, 0.3) is 5.56 Å². The molecule has 0 spiro atoms. The van der Waals surface area contributed by atoms with E-state index in [2.05, 4.69) is 4.98 Å². The largest absolute Gasteiger partial charge is 0.337 e. The smallest absolute Gasteiger partial charge is 0.320 e. The quantitative estimate of drug-likeness (QED) is 0.507. The van der Waals surface area contributed by atoms with Crippen LogP contribution in [0.4, 0.5) is 8.78 Å². The molecule has 4 rings (SSSR count). The Morgan fingerprint density at radius 3 is 2.37 bits per heavy atom. The second-order valence-corrected chi connectivity index (χ2v) is 7.54. The summed E-state index contributed by atoms with van der Waals surface area (Å²) < 4.78 is 31.6. The Labute approximate surface area is 170 Å². The van der Waals surface area contributed by atoms with Crippen molar-refractivity contribution >= 4 is 11.2 Å². The maximum atomic E-state index is 14.2. The van der Waals surface area contributed by atoms with E-state index in [9.17, 15) is 18.4 Å². The van der Waals surface area contributed by atoms with Crippen molar-refractivity contribution in [3.63, 3.8) is 0 Å². The first kappa shape index (κ1) is 19.8. The van der Waals surface area contributed by atoms with Gasteiger partial charge in [0, 0.05) is 12.1 Å². The van der Waals surface area contributed by atoms with Crippen LogP contribution in [-0.4, -0.2) is 18.7 Å². The van der Waals surface area contributed by atoms with E-state index in [-0.39, 0.29) is 30.2 Å². The molecule has 8 heteroatoms. The number of halogens is 2. The third-order valence-electron chi connectivity index (χ3n) is 4.83. The zero-order chi connectivity index (χ0) is 21.4. The molecule has 0 aliphatic rings. The molecule has 0 amide bonds. The molecule has 154 valence electrons. The van der Waals surface area contributed by atoms with Crippen LogP contribution in [0.5, 0.6) is 0 Å². The summed E-state index contributed by atoms with van der Waals surface area (Å²) in [6.07, 6.45) is 1.41. The summed E-state index contributed by atoms with van der Waals surface area (Å²) in [7, 11) is 0. The summed E-state index contributed by atoms with van der Waals surface area (Å²) >= 11 is 0. The summed E-state index contributed by atoms with van der Waals surface area (Å²) in [5.74, 6) is -0.796. The van der Waals surface area contributed by atoms with Gasteiger partial charge in [-0.25, -0.2) is 23.1 Å². The Balaban J connectivity index is 2.00. The van der Waals surface area contributed by atoms with Gasteiger partial charge in [-0.2, -0.15) is 0 Å². The number of nitrogens with zero attached hydrogens (tertiary/aromatic N) is 4. The first-order valence-corrected chi connectivity index (χ1v) is 9.57. The van der Waals surface area contributed by atoms with E-state index in [1.165, 1.54) is 45.8 Å². The third kappa shape index (κ3) is 3.45. The molecular formula is C22H20F2N4O2. The van der Waals surface area contributed by atoms with Gasteiger partial charge in [-0.15, -0.1) is 0 Å². The van der Waals surface area contributed by atoms with E-state index in [0.29, 0.717) is 11.3 Å². The first-order chi connectivity index (χ1) is 14.4. The number of imidazole rings is 1. The van der Waals surface area contributed by atoms with Crippen LogP contribution in [-0.2, 0) is 13.1 Å². The summed E-state index contributed by atoms with van der Waals surface area (Å²) in [6.45, 7) is 4.09. The second-order valence-electron chi connectivity index (χ2n) is 7.54. The Hall–Kier alpha value is -3.55. The van der Waals surface area contributed by atoms with Gasteiger partial charge in [-0.05, 0) is 36.2 Å². The van der Waals surface area contributed by atoms with Crippen LogP contribution >= 0.6 is 0 Å². The Morgan fingerprint density at radius 1 is 1.00 bits per heavy atom. The minimum atomic E-state index is -0.552. The molecule has 0 aliphatic heterocycles. The van der Waals surface area contributed by atoms with Gasteiger partial charge in [0.05, 0.1) is 18.6 Å². The van der Waals surface area contributed by atoms with Gasteiger partial charge >= 0.3 is 5.69 Å². The lowest BCUT2D eigenvalue weighted by Gasteiger charge is -2.14. The van der Waals surface area contributed by atoms with E-state index < -0.39 is 22.9 Å². The molecular weight excluding hydrogens is 390 g/mol. The molecule has 0 radical (unpaired) electrons. The van der Waals surface area contributed by atoms with Crippen LogP contribution in [0, 0.1) is 17.6 Å². The molecule has 0 N–H and O–H groups in total. The average Bonchev–Trinajstić information content (AvgIpc) is 3.12. The predicted molar refractivity (Wildman–Crippen MR) is 110 cm³/mol. The SMILES string of the molecule is CC(C)Cn1c(=O)c2c(ncn2Cc2ccccc2F)n(-c2ccc(F)cc2)c1=O. The molecule has 0 saturated carbocycles. The maximum absolute atomic E-state index is 14.2. The van der Waals surface area contributed by atoms with Crippen molar-refractivity contribution in [2.45, 2.75) is 26.9 Å². The van der Waals surface area contributed by atoms with Gasteiger partial charge < -0.3 is 4.57 Å². The average molecular weight is 410 g/mol. The summed E-state index contributed by atoms with van der Waals surface area (Å²) in [4.78, 5) is 30.7. The highest BCUT2D eigenvalue weighted by Crippen LogP contribution is 2.16. The molecule has 2 heterocycles. The van der Waals surface area contributed by atoms with E-state index in [1.54, 1.807) is 18.2 Å². The third-order valence-corrected chi connectivity index (χ3v) is 4.83. The van der Waals surface area contributed by atoms with Crippen molar-refractivity contribution in [3.8, 4) is 5.69 Å². The number of hydrogen-bond donors (Lipinski definition) is 0. The van der Waals surface area contributed by atoms with Crippen LogP contribution in [0.25, 0.3) is 16.9 Å². The Morgan fingerprint density at radius 2 is 1.70 bits per heavy atom. The molecule has 4 aromatic rings. The molecule has 30 heavy (non-hydrogen) atoms. The summed E-state index contributed by atoms with van der Waals surface area (Å²) in [5, 5.41) is 0. The standard InChI is InChI=1S/C22H20F2N4O2/c1-14(2)11-27-21(29)19-20(28(22(27)30)17-9-7-16(23)8-10-17)25-13-26(19)12-15-5-3-4-6-18(15)24/h3-10,13-14H,11-12H2,1-2H3. The number of benzene rings is 2. The van der Waals surface area contributed by atoms with Crippen LogP contribution in [0.3, 0.4) is 0 Å². The molecule has 0 saturated heterocycles. The van der Waals surface area contributed by atoms with Gasteiger partial charge in [-0.3, -0.25) is 9.36 Å². The zero-order valence-corrected chi connectivity index (χ0v) is 16.5. The van der Waals surface area contributed by atoms with Gasteiger partial charge in [0.15, 0.2) is 11.2 Å². The molecule has 2 aromatic carbocycles. The van der Waals surface area contributed by atoms with Crippen LogP contribution in [0.1, 0.15) is 19.4 Å². The summed E-state index contributed by atoms with van der Waals surface area (Å²) in [5.41, 5.74) is 0.0711. The molecule has 2 aromatic heterocycles. The molecule has 6 nitrogen and oxygen atoms in total. The molecule has 0 bridgehead atoms. The number of hydrogen-bond acceptors (Lipinski definition) is 3. The van der Waals surface area contributed by atoms with Crippen molar-refractivity contribution in [1.29, 1.82) is 0 Å². The first-order valence-electron chi connectivity index (χ1n) is 9.57. The lowest BCUT2D eigenvalue weighted by molar-refractivity contribution is 0.488. The number of aromatic nitrogens is 4. The van der Waals surface area contributed by atoms with Crippen molar-refractivity contribution in [2.75, 3.05) is 0 Å². The molecule has 0 fully saturated rings. The van der Waals surface area contributed by atoms with Crippen LogP contribution in [0.15, 0.2) is 64.4 Å². The molecule has 0 unspecified atom stereocenters. The second kappa shape index (κ2) is 7.70. The van der Waals surface area contributed by atoms with E-state index in [0.717, 1.165) is 4.57 Å². The fourth-order valence-corrected chi connectivity index (χ4v) is 3.46. The Kier molecular flexibility index (Phi) is 5.07. The zero-order valence-electron chi connectivity index (χ0n) is 16.5. The van der Waals surface area contributed by atoms with Crippen molar-refractivity contribution in [2.24, 2.45) is 5.92 Å². The van der Waals surface area contributed by atoms with E-state index in [1.807, 2.05) is 13.8 Å². The maximum Gasteiger partial charge on any atom is 0.337 e. The topological polar surface area (TPSA) is 61.8 Å². The predicted octanol–water partition coefficient (Wildman–Crippen LogP) is 3.33. The minimum Gasteiger partial charge on any atom is -0.320 e. The van der Waals surface area contributed by atoms with E-state index in [4.69, 9.17) is 0 Å². The molecule has 0 atom stereocenters. The van der Waals surface area contributed by atoms with Crippen molar-refractivity contribution in [3.05, 3.63) is 92.9 Å². The highest BCUT2D eigenvalue weighted by molar-refractivity contribution is 5.72. The summed E-state index contributed by atoms with van der Waals surface area (Å²) in [6, 6.07) is 11.7. The number of fused-ring (bicyclic) bond motifs is 1. The van der Waals surface area contributed by atoms with Gasteiger partial charge in [-0.1, -0.05) is 32.0 Å². The van der Waals surface area contributed by atoms with Gasteiger partial charge in [0.2, 0.25) is 0 Å². The van der Waals surface area contributed by atoms with Crippen molar-refractivity contribution in [1.82, 2.24) is 18.7 Å². The highest BCUT2D eigenvalue weighted by Gasteiger charge is 2.20.